The van der Waals surface area contributed by atoms with Gasteiger partial charge in [0.2, 0.25) is 0 Å². The van der Waals surface area contributed by atoms with Crippen molar-refractivity contribution in [1.29, 1.82) is 0 Å². The maximum absolute atomic E-state index is 11.8. The van der Waals surface area contributed by atoms with E-state index in [2.05, 4.69) is 0 Å². The quantitative estimate of drug-likeness (QED) is 0.749. The average molecular weight is 238 g/mol. The predicted molar refractivity (Wildman–Crippen MR) is 65.7 cm³/mol. The molecule has 0 aromatic rings. The molecule has 0 aromatic carbocycles. The van der Waals surface area contributed by atoms with E-state index in [1.807, 2.05) is 0 Å². The molecule has 1 spiro atoms. The number of rotatable bonds is 2. The second-order valence-electron chi connectivity index (χ2n) is 5.38. The van der Waals surface area contributed by atoms with Gasteiger partial charge in [-0.25, -0.2) is 4.79 Å². The predicted octanol–water partition coefficient (Wildman–Crippen LogP) is 3.50. The Morgan fingerprint density at radius 3 is 2.65 bits per heavy atom. The monoisotopic (exact) mass is 238 g/mol. The Bertz CT molecular complexity index is 324. The summed E-state index contributed by atoms with van der Waals surface area (Å²) in [5.74, 6) is -0.0469. The van der Waals surface area contributed by atoms with E-state index in [1.165, 1.54) is 32.1 Å². The van der Waals surface area contributed by atoms with Crippen molar-refractivity contribution in [2.45, 2.75) is 58.3 Å². The Kier molecular flexibility index (Phi) is 3.75. The number of allylic oxidation sites excluding steroid dienone is 1. The third-order valence-corrected chi connectivity index (χ3v) is 4.23. The van der Waals surface area contributed by atoms with Gasteiger partial charge in [0.15, 0.2) is 0 Å². The number of carbonyl (C=O) groups is 1. The average Bonchev–Trinajstić information content (AvgIpc) is 2.34. The fraction of sp³-hybridized carbons (Fsp3) is 0.786. The van der Waals surface area contributed by atoms with Crippen LogP contribution in [0.5, 0.6) is 0 Å². The molecule has 0 amide bonds. The Balaban J connectivity index is 2.11. The van der Waals surface area contributed by atoms with Crippen LogP contribution in [0.4, 0.5) is 0 Å². The zero-order valence-electron chi connectivity index (χ0n) is 10.6. The number of ether oxygens (including phenoxy) is 1. The minimum Gasteiger partial charge on any atom is -0.512 e. The largest absolute Gasteiger partial charge is 0.512 e. The van der Waals surface area contributed by atoms with Crippen LogP contribution in [0.1, 0.15) is 58.3 Å². The van der Waals surface area contributed by atoms with Gasteiger partial charge in [0.1, 0.15) is 5.76 Å². The molecule has 17 heavy (non-hydrogen) atoms. The van der Waals surface area contributed by atoms with Gasteiger partial charge in [-0.1, -0.05) is 19.3 Å². The summed E-state index contributed by atoms with van der Waals surface area (Å²) in [6.45, 7) is 2.18. The van der Waals surface area contributed by atoms with Crippen LogP contribution in [0.2, 0.25) is 0 Å². The molecule has 96 valence electrons. The van der Waals surface area contributed by atoms with Gasteiger partial charge in [-0.3, -0.25) is 0 Å². The van der Waals surface area contributed by atoms with Crippen molar-refractivity contribution in [3.63, 3.8) is 0 Å². The number of hydrogen-bond acceptors (Lipinski definition) is 3. The molecule has 1 saturated carbocycles. The molecule has 0 heterocycles. The van der Waals surface area contributed by atoms with Crippen LogP contribution in [-0.4, -0.2) is 17.7 Å². The summed E-state index contributed by atoms with van der Waals surface area (Å²) in [6.07, 6.45) is 8.62. The van der Waals surface area contributed by atoms with Gasteiger partial charge in [-0.15, -0.1) is 0 Å². The zero-order valence-corrected chi connectivity index (χ0v) is 10.6. The molecule has 3 heteroatoms. The summed E-state index contributed by atoms with van der Waals surface area (Å²) in [7, 11) is 0. The van der Waals surface area contributed by atoms with Crippen molar-refractivity contribution in [3.05, 3.63) is 11.3 Å². The first-order chi connectivity index (χ1) is 8.17. The highest BCUT2D eigenvalue weighted by Gasteiger charge is 2.38. The van der Waals surface area contributed by atoms with E-state index in [4.69, 9.17) is 4.74 Å². The Morgan fingerprint density at radius 2 is 2.00 bits per heavy atom. The third kappa shape index (κ3) is 2.64. The molecule has 1 fully saturated rings. The van der Waals surface area contributed by atoms with Crippen LogP contribution in [0, 0.1) is 5.41 Å². The van der Waals surface area contributed by atoms with E-state index < -0.39 is 0 Å². The van der Waals surface area contributed by atoms with E-state index in [0.29, 0.717) is 18.6 Å². The van der Waals surface area contributed by atoms with Gasteiger partial charge in [0.05, 0.1) is 12.2 Å². The first kappa shape index (κ1) is 12.5. The standard InChI is InChI=1S/C14H22O3/c1-2-17-13(16)11-10-14(9-6-12(11)15)7-4-3-5-8-14/h15H,2-10H2,1H3. The Hall–Kier alpha value is -0.990. The smallest absolute Gasteiger partial charge is 0.337 e. The fourth-order valence-electron chi connectivity index (χ4n) is 3.24. The van der Waals surface area contributed by atoms with Crippen molar-refractivity contribution >= 4 is 5.97 Å². The lowest BCUT2D eigenvalue weighted by Gasteiger charge is -2.40. The van der Waals surface area contributed by atoms with Crippen LogP contribution >= 0.6 is 0 Å². The second-order valence-corrected chi connectivity index (χ2v) is 5.38. The molecular weight excluding hydrogens is 216 g/mol. The first-order valence-electron chi connectivity index (χ1n) is 6.75. The molecule has 2 rings (SSSR count). The van der Waals surface area contributed by atoms with E-state index >= 15 is 0 Å². The highest BCUT2D eigenvalue weighted by Crippen LogP contribution is 2.48. The van der Waals surface area contributed by atoms with Crippen molar-refractivity contribution < 1.29 is 14.6 Å². The Morgan fingerprint density at radius 1 is 1.29 bits per heavy atom. The van der Waals surface area contributed by atoms with Gasteiger partial charge in [-0.2, -0.15) is 0 Å². The summed E-state index contributed by atoms with van der Waals surface area (Å²) in [4.78, 5) is 11.8. The van der Waals surface area contributed by atoms with Crippen LogP contribution in [-0.2, 0) is 9.53 Å². The molecule has 0 aromatic heterocycles. The van der Waals surface area contributed by atoms with Gasteiger partial charge < -0.3 is 9.84 Å². The first-order valence-corrected chi connectivity index (χ1v) is 6.75. The molecule has 3 nitrogen and oxygen atoms in total. The van der Waals surface area contributed by atoms with Crippen LogP contribution in [0.15, 0.2) is 11.3 Å². The molecular formula is C14H22O3. The van der Waals surface area contributed by atoms with Crippen LogP contribution in [0.25, 0.3) is 0 Å². The van der Waals surface area contributed by atoms with Crippen molar-refractivity contribution in [3.8, 4) is 0 Å². The molecule has 0 bridgehead atoms. The highest BCUT2D eigenvalue weighted by atomic mass is 16.5. The number of hydrogen-bond donors (Lipinski definition) is 1. The van der Waals surface area contributed by atoms with Gasteiger partial charge in [0.25, 0.3) is 0 Å². The fourth-order valence-corrected chi connectivity index (χ4v) is 3.24. The molecule has 0 saturated heterocycles. The lowest BCUT2D eigenvalue weighted by molar-refractivity contribution is -0.139. The van der Waals surface area contributed by atoms with Crippen molar-refractivity contribution in [1.82, 2.24) is 0 Å². The van der Waals surface area contributed by atoms with Crippen LogP contribution in [0.3, 0.4) is 0 Å². The Labute approximate surface area is 103 Å². The number of carbonyl (C=O) groups excluding carboxylic acids is 1. The normalized spacial score (nSPS) is 23.8. The summed E-state index contributed by atoms with van der Waals surface area (Å²) < 4.78 is 5.03. The summed E-state index contributed by atoms with van der Waals surface area (Å²) >= 11 is 0. The van der Waals surface area contributed by atoms with E-state index in [-0.39, 0.29) is 17.1 Å². The SMILES string of the molecule is CCOC(=O)C1=C(O)CCC2(CCCCC2)C1. The second kappa shape index (κ2) is 5.11. The van der Waals surface area contributed by atoms with E-state index in [9.17, 15) is 9.90 Å². The maximum atomic E-state index is 11.8. The molecule has 2 aliphatic carbocycles. The van der Waals surface area contributed by atoms with E-state index in [0.717, 1.165) is 12.8 Å². The van der Waals surface area contributed by atoms with Crippen molar-refractivity contribution in [2.24, 2.45) is 5.41 Å². The lowest BCUT2D eigenvalue weighted by atomic mass is 9.65. The van der Waals surface area contributed by atoms with E-state index in [1.54, 1.807) is 6.92 Å². The number of aliphatic hydroxyl groups is 1. The lowest BCUT2D eigenvalue weighted by Crippen LogP contribution is -2.30. The van der Waals surface area contributed by atoms with Crippen molar-refractivity contribution in [2.75, 3.05) is 6.61 Å². The highest BCUT2D eigenvalue weighted by molar-refractivity contribution is 5.89. The number of esters is 1. The minimum atomic E-state index is -0.311. The molecule has 0 radical (unpaired) electrons. The molecule has 0 atom stereocenters. The summed E-state index contributed by atoms with van der Waals surface area (Å²) in [5, 5.41) is 9.86. The molecule has 0 aliphatic heterocycles. The molecule has 0 unspecified atom stereocenters. The molecule has 2 aliphatic rings. The molecule has 1 N–H and O–H groups in total. The number of aliphatic hydroxyl groups excluding tert-OH is 1. The topological polar surface area (TPSA) is 46.5 Å². The summed E-state index contributed by atoms with van der Waals surface area (Å²) in [5.41, 5.74) is 0.812. The van der Waals surface area contributed by atoms with Gasteiger partial charge in [-0.05, 0) is 38.0 Å². The summed E-state index contributed by atoms with van der Waals surface area (Å²) in [6, 6.07) is 0. The van der Waals surface area contributed by atoms with Crippen LogP contribution < -0.4 is 0 Å². The minimum absolute atomic E-state index is 0.264. The van der Waals surface area contributed by atoms with Gasteiger partial charge in [0, 0.05) is 6.42 Å². The zero-order chi connectivity index (χ0) is 12.3. The third-order valence-electron chi connectivity index (χ3n) is 4.23. The van der Waals surface area contributed by atoms with Gasteiger partial charge >= 0.3 is 5.97 Å². The maximum Gasteiger partial charge on any atom is 0.337 e.